The fraction of sp³-hybridized carbons (Fsp3) is 0.654. The van der Waals surface area contributed by atoms with Gasteiger partial charge in [0.25, 0.3) is 5.56 Å². The SMILES string of the molecule is CCCCCCO[P@@](=O)(OC[C@@H]1C[C@@H](O)[C@H](n2cnc3c(N)ncnc32)O1)OC[C@H]1O[C@@H](n2cc(C)c(=O)[nH]c2=O)C[C@@H]1N=[N+]=[N-]. The summed E-state index contributed by atoms with van der Waals surface area (Å²) in [5, 5.41) is 14.5. The number of aromatic nitrogens is 6. The fourth-order valence-corrected chi connectivity index (χ4v) is 6.58. The van der Waals surface area contributed by atoms with Crippen molar-refractivity contribution in [1.82, 2.24) is 29.1 Å². The van der Waals surface area contributed by atoms with E-state index < -0.39 is 55.9 Å². The first kappa shape index (κ1) is 33.7. The monoisotopic (exact) mass is 664 g/mol. The van der Waals surface area contributed by atoms with Crippen molar-refractivity contribution >= 4 is 24.8 Å². The molecule has 3 aromatic heterocycles. The Labute approximate surface area is 262 Å². The molecule has 0 spiro atoms. The van der Waals surface area contributed by atoms with Gasteiger partial charge in [0.05, 0.1) is 44.4 Å². The van der Waals surface area contributed by atoms with Gasteiger partial charge in [0.1, 0.15) is 24.2 Å². The van der Waals surface area contributed by atoms with Crippen LogP contribution >= 0.6 is 7.82 Å². The number of phosphoric acid groups is 1. The smallest absolute Gasteiger partial charge is 0.388 e. The number of fused-ring (bicyclic) bond motifs is 1. The highest BCUT2D eigenvalue weighted by molar-refractivity contribution is 7.48. The summed E-state index contributed by atoms with van der Waals surface area (Å²) >= 11 is 0. The zero-order chi connectivity index (χ0) is 32.8. The molecule has 250 valence electrons. The Morgan fingerprint density at radius 1 is 1.15 bits per heavy atom. The number of nitrogens with two attached hydrogens (primary N) is 1. The molecule has 5 heterocycles. The van der Waals surface area contributed by atoms with Gasteiger partial charge in [0.2, 0.25) is 0 Å². The van der Waals surface area contributed by atoms with E-state index in [1.807, 2.05) is 0 Å². The number of hydrogen-bond acceptors (Lipinski definition) is 14. The summed E-state index contributed by atoms with van der Waals surface area (Å²) in [6.45, 7) is 3.09. The van der Waals surface area contributed by atoms with Crippen molar-refractivity contribution in [3.63, 3.8) is 0 Å². The van der Waals surface area contributed by atoms with Crippen LogP contribution in [0.25, 0.3) is 21.6 Å². The number of nitrogens with one attached hydrogen (secondary N) is 1. The Morgan fingerprint density at radius 3 is 2.74 bits per heavy atom. The Bertz CT molecular complexity index is 1720. The number of hydrogen-bond donors (Lipinski definition) is 3. The minimum Gasteiger partial charge on any atom is -0.388 e. The lowest BCUT2D eigenvalue weighted by Gasteiger charge is -2.23. The number of unbranched alkanes of at least 4 members (excludes halogenated alkanes) is 3. The molecule has 4 N–H and O–H groups in total. The maximum Gasteiger partial charge on any atom is 0.474 e. The minimum atomic E-state index is -4.23. The summed E-state index contributed by atoms with van der Waals surface area (Å²) in [6, 6.07) is -0.788. The van der Waals surface area contributed by atoms with Gasteiger partial charge in [-0.3, -0.25) is 32.5 Å². The Kier molecular flexibility index (Phi) is 10.9. The van der Waals surface area contributed by atoms with Gasteiger partial charge >= 0.3 is 13.5 Å². The number of rotatable bonds is 15. The van der Waals surface area contributed by atoms with Crippen molar-refractivity contribution in [1.29, 1.82) is 0 Å². The van der Waals surface area contributed by atoms with Crippen molar-refractivity contribution in [3.8, 4) is 0 Å². The quantitative estimate of drug-likeness (QED) is 0.0695. The molecule has 0 bridgehead atoms. The molecule has 2 saturated heterocycles. The highest BCUT2D eigenvalue weighted by Gasteiger charge is 2.41. The first-order valence-electron chi connectivity index (χ1n) is 14.9. The molecule has 2 fully saturated rings. The molecule has 0 amide bonds. The lowest BCUT2D eigenvalue weighted by Crippen LogP contribution is -2.33. The van der Waals surface area contributed by atoms with E-state index in [1.54, 1.807) is 0 Å². The van der Waals surface area contributed by atoms with E-state index in [2.05, 4.69) is 36.9 Å². The summed E-state index contributed by atoms with van der Waals surface area (Å²) in [4.78, 5) is 41.7. The van der Waals surface area contributed by atoms with Crippen molar-refractivity contribution in [2.45, 2.75) is 89.2 Å². The second-order valence-corrected chi connectivity index (χ2v) is 12.8. The van der Waals surface area contributed by atoms with Crippen LogP contribution in [0.15, 0.2) is 33.6 Å². The molecule has 19 nitrogen and oxygen atoms in total. The lowest BCUT2D eigenvalue weighted by molar-refractivity contribution is -0.0541. The van der Waals surface area contributed by atoms with Gasteiger partial charge in [-0.15, -0.1) is 0 Å². The van der Waals surface area contributed by atoms with Gasteiger partial charge in [-0.25, -0.2) is 24.3 Å². The molecule has 7 atom stereocenters. The Hall–Kier alpha value is -3.67. The van der Waals surface area contributed by atoms with Gasteiger partial charge < -0.3 is 20.3 Å². The number of H-pyrrole nitrogens is 1. The highest BCUT2D eigenvalue weighted by Crippen LogP contribution is 2.51. The summed E-state index contributed by atoms with van der Waals surface area (Å²) in [5.41, 5.74) is 14.8. The van der Waals surface area contributed by atoms with Gasteiger partial charge in [-0.2, -0.15) is 0 Å². The number of azide groups is 1. The van der Waals surface area contributed by atoms with Gasteiger partial charge in [-0.1, -0.05) is 31.3 Å². The summed E-state index contributed by atoms with van der Waals surface area (Å²) in [7, 11) is -4.23. The van der Waals surface area contributed by atoms with Crippen molar-refractivity contribution in [2.24, 2.45) is 5.11 Å². The van der Waals surface area contributed by atoms with Crippen LogP contribution in [-0.2, 0) is 27.6 Å². The number of nitrogen functional groups attached to an aromatic ring is 1. The molecule has 20 heteroatoms. The van der Waals surface area contributed by atoms with Crippen LogP contribution in [0.2, 0.25) is 0 Å². The number of ether oxygens (including phenoxy) is 2. The average molecular weight is 665 g/mol. The fourth-order valence-electron chi connectivity index (χ4n) is 5.32. The molecular formula is C26H37N10O9P. The van der Waals surface area contributed by atoms with Crippen LogP contribution in [0.5, 0.6) is 0 Å². The predicted molar refractivity (Wildman–Crippen MR) is 161 cm³/mol. The molecule has 2 aliphatic heterocycles. The van der Waals surface area contributed by atoms with Gasteiger partial charge in [-0.05, 0) is 18.9 Å². The maximum atomic E-state index is 13.8. The Morgan fingerprint density at radius 2 is 1.96 bits per heavy atom. The van der Waals surface area contributed by atoms with Crippen LogP contribution in [0.3, 0.4) is 0 Å². The number of nitrogens with zero attached hydrogens (tertiary/aromatic N) is 8. The summed E-state index contributed by atoms with van der Waals surface area (Å²) in [5.74, 6) is 0.187. The number of phosphoric ester groups is 1. The molecule has 5 rings (SSSR count). The standard InChI is InChI=1S/C26H37N10O9P/c1-3-4-5-6-7-41-46(40,42-11-16-8-18(37)25(44-16)36-14-31-21-22(27)29-13-30-23(21)36)43-12-19-17(33-34-28)9-20(45-19)35-10-15(2)24(38)32-26(35)39/h10,13-14,16-20,25,37H,3-9,11-12H2,1-2H3,(H2,27,29,30)(H,32,38,39)/t16-,17-,18+,19+,20+,25+,46-/m0/s1. The third-order valence-corrected chi connectivity index (χ3v) is 9.18. The van der Waals surface area contributed by atoms with Crippen LogP contribution in [0, 0.1) is 6.92 Å². The van der Waals surface area contributed by atoms with E-state index in [4.69, 9.17) is 34.3 Å². The van der Waals surface area contributed by atoms with Gasteiger partial charge in [0, 0.05) is 29.5 Å². The molecule has 0 saturated carbocycles. The predicted octanol–water partition coefficient (Wildman–Crippen LogP) is 2.62. The summed E-state index contributed by atoms with van der Waals surface area (Å²) < 4.78 is 45.6. The topological polar surface area (TPSA) is 257 Å². The van der Waals surface area contributed by atoms with E-state index in [9.17, 15) is 19.3 Å². The van der Waals surface area contributed by atoms with Crippen LogP contribution in [0.4, 0.5) is 5.82 Å². The van der Waals surface area contributed by atoms with Crippen LogP contribution < -0.4 is 17.0 Å². The van der Waals surface area contributed by atoms with E-state index in [-0.39, 0.29) is 44.0 Å². The van der Waals surface area contributed by atoms with E-state index in [1.165, 1.54) is 34.9 Å². The molecular weight excluding hydrogens is 627 g/mol. The first-order valence-corrected chi connectivity index (χ1v) is 16.4. The Balaban J connectivity index is 1.25. The molecule has 3 aromatic rings. The van der Waals surface area contributed by atoms with E-state index in [0.29, 0.717) is 17.6 Å². The number of aliphatic hydroxyl groups is 1. The van der Waals surface area contributed by atoms with Gasteiger partial charge in [0.15, 0.2) is 17.7 Å². The maximum absolute atomic E-state index is 13.8. The molecule has 0 radical (unpaired) electrons. The molecule has 0 aliphatic carbocycles. The van der Waals surface area contributed by atoms with Crippen LogP contribution in [0.1, 0.15) is 63.5 Å². The minimum absolute atomic E-state index is 0.0934. The molecule has 0 aromatic carbocycles. The summed E-state index contributed by atoms with van der Waals surface area (Å²) in [6.07, 6.45) is 3.42. The number of aliphatic hydroxyl groups excluding tert-OH is 1. The highest BCUT2D eigenvalue weighted by atomic mass is 31.2. The average Bonchev–Trinajstić information content (AvgIpc) is 3.74. The number of anilines is 1. The van der Waals surface area contributed by atoms with Crippen molar-refractivity contribution < 1.29 is 32.7 Å². The van der Waals surface area contributed by atoms with Crippen molar-refractivity contribution in [3.05, 3.63) is 55.7 Å². The number of imidazole rings is 1. The lowest BCUT2D eigenvalue weighted by atomic mass is 10.1. The normalized spacial score (nSPS) is 25.9. The van der Waals surface area contributed by atoms with Crippen molar-refractivity contribution in [2.75, 3.05) is 25.6 Å². The van der Waals surface area contributed by atoms with E-state index >= 15 is 0 Å². The second-order valence-electron chi connectivity index (χ2n) is 11.1. The van der Waals surface area contributed by atoms with E-state index in [0.717, 1.165) is 19.3 Å². The third-order valence-electron chi connectivity index (χ3n) is 7.75. The second kappa shape index (κ2) is 14.8. The number of aromatic amines is 1. The zero-order valence-electron chi connectivity index (χ0n) is 25.4. The third kappa shape index (κ3) is 7.65. The molecule has 46 heavy (non-hydrogen) atoms. The molecule has 0 unspecified atom stereocenters. The number of aryl methyl sites for hydroxylation is 1. The van der Waals surface area contributed by atoms with Crippen LogP contribution in [-0.4, -0.2) is 78.4 Å². The first-order chi connectivity index (χ1) is 22.1. The zero-order valence-corrected chi connectivity index (χ0v) is 26.3. The largest absolute Gasteiger partial charge is 0.474 e. The molecule has 2 aliphatic rings.